The van der Waals surface area contributed by atoms with Gasteiger partial charge in [-0.2, -0.15) is 0 Å². The molecule has 1 amide bonds. The number of nitrogens with one attached hydrogen (secondary N) is 1. The summed E-state index contributed by atoms with van der Waals surface area (Å²) in [7, 11) is 0. The highest BCUT2D eigenvalue weighted by Gasteiger charge is 2.30. The van der Waals surface area contributed by atoms with Crippen molar-refractivity contribution in [2.75, 3.05) is 0 Å². The summed E-state index contributed by atoms with van der Waals surface area (Å²) in [5.74, 6) is -1.13. The molecule has 92 valence electrons. The molecule has 0 aromatic carbocycles. The summed E-state index contributed by atoms with van der Waals surface area (Å²) in [6, 6.07) is -0.0886. The minimum Gasteiger partial charge on any atom is -0.481 e. The number of amides is 1. The Morgan fingerprint density at radius 1 is 1.50 bits per heavy atom. The van der Waals surface area contributed by atoms with Gasteiger partial charge in [0.15, 0.2) is 0 Å². The van der Waals surface area contributed by atoms with Crippen LogP contribution in [0.15, 0.2) is 0 Å². The first kappa shape index (κ1) is 13.0. The van der Waals surface area contributed by atoms with Crippen LogP contribution in [-0.2, 0) is 9.59 Å². The molecule has 5 nitrogen and oxygen atoms in total. The number of nitrogens with two attached hydrogens (primary N) is 1. The quantitative estimate of drug-likeness (QED) is 0.638. The van der Waals surface area contributed by atoms with E-state index >= 15 is 0 Å². The molecule has 5 heteroatoms. The molecule has 1 aliphatic carbocycles. The predicted molar refractivity (Wildman–Crippen MR) is 59.8 cm³/mol. The lowest BCUT2D eigenvalue weighted by Gasteiger charge is -2.14. The van der Waals surface area contributed by atoms with E-state index in [0.717, 1.165) is 12.8 Å². The standard InChI is InChI=1S/C11H20N2O3/c1-2-8(12)6-10(14)13-9-4-3-7(5-9)11(15)16/h7-9H,2-6,12H2,1H3,(H,13,14)(H,15,16)/t7-,8?,9+/m1/s1. The lowest BCUT2D eigenvalue weighted by Crippen LogP contribution is -2.37. The van der Waals surface area contributed by atoms with Gasteiger partial charge >= 0.3 is 5.97 Å². The van der Waals surface area contributed by atoms with Gasteiger partial charge in [-0.15, -0.1) is 0 Å². The van der Waals surface area contributed by atoms with E-state index in [0.29, 0.717) is 19.3 Å². The summed E-state index contributed by atoms with van der Waals surface area (Å²) in [6.45, 7) is 1.94. The number of carboxylic acid groups (broad SMARTS) is 1. The first-order valence-electron chi connectivity index (χ1n) is 5.80. The smallest absolute Gasteiger partial charge is 0.306 e. The Hall–Kier alpha value is -1.10. The predicted octanol–water partition coefficient (Wildman–Crippen LogP) is 0.483. The zero-order valence-corrected chi connectivity index (χ0v) is 9.61. The molecule has 0 bridgehead atoms. The molecule has 4 N–H and O–H groups in total. The molecule has 0 spiro atoms. The van der Waals surface area contributed by atoms with Gasteiger partial charge in [0.05, 0.1) is 5.92 Å². The van der Waals surface area contributed by atoms with E-state index in [1.807, 2.05) is 6.92 Å². The molecule has 1 rings (SSSR count). The Labute approximate surface area is 95.4 Å². The van der Waals surface area contributed by atoms with Crippen LogP contribution in [0.4, 0.5) is 0 Å². The van der Waals surface area contributed by atoms with E-state index < -0.39 is 5.97 Å². The largest absolute Gasteiger partial charge is 0.481 e. The fraction of sp³-hybridized carbons (Fsp3) is 0.818. The molecule has 0 aliphatic heterocycles. The first-order chi connectivity index (χ1) is 7.52. The maximum atomic E-state index is 11.5. The number of carbonyl (C=O) groups excluding carboxylic acids is 1. The van der Waals surface area contributed by atoms with E-state index in [4.69, 9.17) is 10.8 Å². The fourth-order valence-corrected chi connectivity index (χ4v) is 2.01. The van der Waals surface area contributed by atoms with Crippen LogP contribution in [0, 0.1) is 5.92 Å². The molecule has 1 unspecified atom stereocenters. The van der Waals surface area contributed by atoms with Crippen molar-refractivity contribution < 1.29 is 14.7 Å². The Kier molecular flexibility index (Phi) is 4.73. The Morgan fingerprint density at radius 3 is 2.69 bits per heavy atom. The third kappa shape index (κ3) is 3.81. The summed E-state index contributed by atoms with van der Waals surface area (Å²) >= 11 is 0. The van der Waals surface area contributed by atoms with Gasteiger partial charge in [0.25, 0.3) is 0 Å². The number of hydrogen-bond acceptors (Lipinski definition) is 3. The monoisotopic (exact) mass is 228 g/mol. The van der Waals surface area contributed by atoms with Gasteiger partial charge in [-0.3, -0.25) is 9.59 Å². The van der Waals surface area contributed by atoms with Crippen molar-refractivity contribution >= 4 is 11.9 Å². The van der Waals surface area contributed by atoms with Gasteiger partial charge in [0.1, 0.15) is 0 Å². The molecule has 1 fully saturated rings. The van der Waals surface area contributed by atoms with Gasteiger partial charge in [-0.05, 0) is 25.7 Å². The minimum absolute atomic E-state index is 0.0117. The number of hydrogen-bond donors (Lipinski definition) is 3. The lowest BCUT2D eigenvalue weighted by atomic mass is 10.1. The average Bonchev–Trinajstić information content (AvgIpc) is 2.65. The molecule has 1 saturated carbocycles. The molecule has 0 aromatic rings. The van der Waals surface area contributed by atoms with Crippen molar-refractivity contribution in [2.45, 2.75) is 51.1 Å². The van der Waals surface area contributed by atoms with E-state index in [1.54, 1.807) is 0 Å². The average molecular weight is 228 g/mol. The van der Waals surface area contributed by atoms with E-state index in [-0.39, 0.29) is 23.9 Å². The summed E-state index contributed by atoms with van der Waals surface area (Å²) in [5, 5.41) is 11.7. The van der Waals surface area contributed by atoms with Gasteiger partial charge in [0, 0.05) is 18.5 Å². The summed E-state index contributed by atoms with van der Waals surface area (Å²) in [5.41, 5.74) is 5.67. The minimum atomic E-state index is -0.762. The van der Waals surface area contributed by atoms with E-state index in [2.05, 4.69) is 5.32 Å². The molecule has 0 aromatic heterocycles. The number of carbonyl (C=O) groups is 2. The maximum absolute atomic E-state index is 11.5. The van der Waals surface area contributed by atoms with E-state index in [1.165, 1.54) is 0 Å². The van der Waals surface area contributed by atoms with Gasteiger partial charge in [-0.1, -0.05) is 6.92 Å². The third-order valence-electron chi connectivity index (χ3n) is 3.12. The highest BCUT2D eigenvalue weighted by atomic mass is 16.4. The van der Waals surface area contributed by atoms with Crippen LogP contribution >= 0.6 is 0 Å². The van der Waals surface area contributed by atoms with Crippen LogP contribution in [0.25, 0.3) is 0 Å². The second kappa shape index (κ2) is 5.84. The Morgan fingerprint density at radius 2 is 2.19 bits per heavy atom. The first-order valence-corrected chi connectivity index (χ1v) is 5.80. The summed E-state index contributed by atoms with van der Waals surface area (Å²) in [6.07, 6.45) is 3.05. The zero-order chi connectivity index (χ0) is 12.1. The van der Waals surface area contributed by atoms with Crippen LogP contribution in [0.2, 0.25) is 0 Å². The molecule has 0 radical (unpaired) electrons. The normalized spacial score (nSPS) is 26.4. The van der Waals surface area contributed by atoms with Gasteiger partial charge in [0.2, 0.25) is 5.91 Å². The highest BCUT2D eigenvalue weighted by Crippen LogP contribution is 2.25. The molecule has 3 atom stereocenters. The van der Waals surface area contributed by atoms with Crippen molar-refractivity contribution in [3.05, 3.63) is 0 Å². The van der Waals surface area contributed by atoms with Gasteiger partial charge in [-0.25, -0.2) is 0 Å². The Balaban J connectivity index is 2.28. The molecular formula is C11H20N2O3. The third-order valence-corrected chi connectivity index (χ3v) is 3.12. The van der Waals surface area contributed by atoms with Crippen LogP contribution in [-0.4, -0.2) is 29.1 Å². The lowest BCUT2D eigenvalue weighted by molar-refractivity contribution is -0.141. The number of aliphatic carboxylic acids is 1. The second-order valence-corrected chi connectivity index (χ2v) is 4.49. The molecular weight excluding hydrogens is 208 g/mol. The van der Waals surface area contributed by atoms with Crippen molar-refractivity contribution in [3.63, 3.8) is 0 Å². The number of carboxylic acids is 1. The number of rotatable bonds is 5. The van der Waals surface area contributed by atoms with Crippen molar-refractivity contribution in [3.8, 4) is 0 Å². The summed E-state index contributed by atoms with van der Waals surface area (Å²) in [4.78, 5) is 22.2. The molecule has 16 heavy (non-hydrogen) atoms. The molecule has 1 aliphatic rings. The van der Waals surface area contributed by atoms with Gasteiger partial charge < -0.3 is 16.2 Å². The van der Waals surface area contributed by atoms with Crippen molar-refractivity contribution in [2.24, 2.45) is 11.7 Å². The topological polar surface area (TPSA) is 92.4 Å². The van der Waals surface area contributed by atoms with Crippen LogP contribution in [0.3, 0.4) is 0 Å². The van der Waals surface area contributed by atoms with Crippen LogP contribution in [0.5, 0.6) is 0 Å². The highest BCUT2D eigenvalue weighted by molar-refractivity contribution is 5.77. The van der Waals surface area contributed by atoms with Crippen LogP contribution < -0.4 is 11.1 Å². The maximum Gasteiger partial charge on any atom is 0.306 e. The molecule has 0 saturated heterocycles. The van der Waals surface area contributed by atoms with Crippen molar-refractivity contribution in [1.82, 2.24) is 5.32 Å². The van der Waals surface area contributed by atoms with Crippen LogP contribution in [0.1, 0.15) is 39.0 Å². The zero-order valence-electron chi connectivity index (χ0n) is 9.61. The Bertz CT molecular complexity index is 268. The second-order valence-electron chi connectivity index (χ2n) is 4.49. The SMILES string of the molecule is CCC(N)CC(=O)N[C@H]1CC[C@@H](C(=O)O)C1. The fourth-order valence-electron chi connectivity index (χ4n) is 2.01. The molecule has 0 heterocycles. The van der Waals surface area contributed by atoms with Crippen molar-refractivity contribution in [1.29, 1.82) is 0 Å². The summed E-state index contributed by atoms with van der Waals surface area (Å²) < 4.78 is 0. The van der Waals surface area contributed by atoms with E-state index in [9.17, 15) is 9.59 Å².